The monoisotopic (exact) mass is 414 g/mol. The number of ether oxygens (including phenoxy) is 2. The molecule has 3 aromatic rings. The summed E-state index contributed by atoms with van der Waals surface area (Å²) in [7, 11) is 0. The van der Waals surface area contributed by atoms with Crippen LogP contribution in [0.2, 0.25) is 0 Å². The summed E-state index contributed by atoms with van der Waals surface area (Å²) >= 11 is 0. The first-order valence-corrected chi connectivity index (χ1v) is 11.2. The minimum absolute atomic E-state index is 0.0595. The van der Waals surface area contributed by atoms with E-state index >= 15 is 0 Å². The number of benzene rings is 3. The Kier molecular flexibility index (Phi) is 5.66. The second kappa shape index (κ2) is 8.74. The molecule has 6 rings (SSSR count). The third-order valence-electron chi connectivity index (χ3n) is 6.32. The van der Waals surface area contributed by atoms with Gasteiger partial charge in [0, 0.05) is 25.2 Å². The summed E-state index contributed by atoms with van der Waals surface area (Å²) in [6.45, 7) is 6.45. The van der Waals surface area contributed by atoms with Crippen molar-refractivity contribution in [2.75, 3.05) is 32.8 Å². The Balaban J connectivity index is 1.43. The van der Waals surface area contributed by atoms with E-state index in [4.69, 9.17) is 9.47 Å². The van der Waals surface area contributed by atoms with E-state index in [2.05, 4.69) is 83.9 Å². The van der Waals surface area contributed by atoms with Gasteiger partial charge < -0.3 is 14.8 Å². The number of hydrogen-bond acceptors (Lipinski definition) is 4. The fourth-order valence-corrected chi connectivity index (χ4v) is 4.96. The van der Waals surface area contributed by atoms with Crippen molar-refractivity contribution < 1.29 is 9.47 Å². The number of fused-ring (bicyclic) bond motifs is 5. The van der Waals surface area contributed by atoms with Gasteiger partial charge in [-0.1, -0.05) is 60.7 Å². The van der Waals surface area contributed by atoms with Crippen LogP contribution >= 0.6 is 0 Å². The molecule has 3 heterocycles. The molecular weight excluding hydrogens is 384 g/mol. The molecule has 3 aliphatic rings. The average molecular weight is 415 g/mol. The van der Waals surface area contributed by atoms with E-state index < -0.39 is 0 Å². The van der Waals surface area contributed by atoms with Gasteiger partial charge in [0.25, 0.3) is 0 Å². The zero-order valence-corrected chi connectivity index (χ0v) is 18.1. The third kappa shape index (κ3) is 4.46. The zero-order chi connectivity index (χ0) is 21.1. The van der Waals surface area contributed by atoms with Crippen molar-refractivity contribution in [1.29, 1.82) is 0 Å². The van der Waals surface area contributed by atoms with Gasteiger partial charge in [0.2, 0.25) is 0 Å². The van der Waals surface area contributed by atoms with Crippen LogP contribution in [0.3, 0.4) is 0 Å². The molecule has 4 heteroatoms. The molecule has 0 spiro atoms. The third-order valence-corrected chi connectivity index (χ3v) is 6.32. The fourth-order valence-electron chi connectivity index (χ4n) is 4.96. The van der Waals surface area contributed by atoms with Gasteiger partial charge in [-0.25, -0.2) is 0 Å². The van der Waals surface area contributed by atoms with E-state index in [-0.39, 0.29) is 11.6 Å². The van der Waals surface area contributed by atoms with Gasteiger partial charge in [-0.3, -0.25) is 4.90 Å². The van der Waals surface area contributed by atoms with Gasteiger partial charge in [0.05, 0.1) is 6.04 Å². The van der Waals surface area contributed by atoms with Crippen molar-refractivity contribution in [2.45, 2.75) is 24.9 Å². The van der Waals surface area contributed by atoms with E-state index in [0.717, 1.165) is 37.6 Å². The molecule has 2 bridgehead atoms. The quantitative estimate of drug-likeness (QED) is 0.669. The number of nitrogens with zero attached hydrogens (tertiary/aromatic N) is 1. The lowest BCUT2D eigenvalue weighted by molar-refractivity contribution is 0.114. The summed E-state index contributed by atoms with van der Waals surface area (Å²) in [5, 5.41) is 3.80. The fraction of sp³-hybridized carbons (Fsp3) is 0.333. The summed E-state index contributed by atoms with van der Waals surface area (Å²) < 4.78 is 11.7. The normalized spacial score (nSPS) is 21.2. The Labute approximate surface area is 184 Å². The lowest BCUT2D eigenvalue weighted by Crippen LogP contribution is -2.60. The molecule has 1 atom stereocenters. The molecule has 1 saturated heterocycles. The van der Waals surface area contributed by atoms with Gasteiger partial charge in [0.15, 0.2) is 0 Å². The summed E-state index contributed by atoms with van der Waals surface area (Å²) in [5.41, 5.74) is 3.83. The molecule has 1 fully saturated rings. The molecule has 0 aromatic heterocycles. The molecule has 31 heavy (non-hydrogen) atoms. The van der Waals surface area contributed by atoms with Crippen LogP contribution in [0.5, 0.6) is 11.5 Å². The maximum absolute atomic E-state index is 5.96. The Hall–Kier alpha value is -2.82. The van der Waals surface area contributed by atoms with Crippen LogP contribution in [0.25, 0.3) is 0 Å². The lowest BCUT2D eigenvalue weighted by atomic mass is 9.87. The van der Waals surface area contributed by atoms with E-state index in [1.807, 2.05) is 12.1 Å². The van der Waals surface area contributed by atoms with Gasteiger partial charge in [0.1, 0.15) is 24.7 Å². The summed E-state index contributed by atoms with van der Waals surface area (Å²) in [5.74, 6) is 1.92. The van der Waals surface area contributed by atoms with Gasteiger partial charge in [-0.05, 0) is 48.2 Å². The predicted octanol–water partition coefficient (Wildman–Crippen LogP) is 4.45. The van der Waals surface area contributed by atoms with Crippen molar-refractivity contribution in [3.63, 3.8) is 0 Å². The van der Waals surface area contributed by atoms with Gasteiger partial charge in [-0.15, -0.1) is 0 Å². The van der Waals surface area contributed by atoms with Crippen LogP contribution in [0.15, 0.2) is 78.9 Å². The summed E-state index contributed by atoms with van der Waals surface area (Å²) in [6.07, 6.45) is 0.895. The molecule has 3 aliphatic heterocycles. The molecule has 0 radical (unpaired) electrons. The van der Waals surface area contributed by atoms with Crippen molar-refractivity contribution in [3.05, 3.63) is 95.6 Å². The molecule has 4 nitrogen and oxygen atoms in total. The zero-order valence-electron chi connectivity index (χ0n) is 18.1. The van der Waals surface area contributed by atoms with Crippen molar-refractivity contribution in [1.82, 2.24) is 10.2 Å². The average Bonchev–Trinajstić information content (AvgIpc) is 2.76. The molecule has 0 amide bonds. The van der Waals surface area contributed by atoms with Crippen LogP contribution in [0.1, 0.15) is 29.7 Å². The van der Waals surface area contributed by atoms with Crippen molar-refractivity contribution in [2.24, 2.45) is 0 Å². The topological polar surface area (TPSA) is 33.7 Å². The summed E-state index contributed by atoms with van der Waals surface area (Å²) in [4.78, 5) is 2.62. The van der Waals surface area contributed by atoms with Crippen molar-refractivity contribution >= 4 is 0 Å². The highest BCUT2D eigenvalue weighted by atomic mass is 16.5. The Morgan fingerprint density at radius 2 is 1.58 bits per heavy atom. The van der Waals surface area contributed by atoms with Crippen LogP contribution < -0.4 is 14.8 Å². The standard InChI is InChI=1S/C27H30N2O2/c1-27(19-23-18-24-12-13-25(23)31-17-16-30-24)20-29(15-14-28-27)26(21-8-4-2-5-9-21)22-10-6-3-7-11-22/h2-13,18,26,28H,14-17,19-20H2,1H3. The SMILES string of the molecule is CC1(Cc2cc3ccc2OCCO3)CN(C(c2ccccc2)c2ccccc2)CCN1. The highest BCUT2D eigenvalue weighted by molar-refractivity contribution is 5.42. The first-order valence-electron chi connectivity index (χ1n) is 11.2. The van der Waals surface area contributed by atoms with Crippen LogP contribution in [-0.2, 0) is 6.42 Å². The maximum Gasteiger partial charge on any atom is 0.123 e. The number of nitrogens with one attached hydrogen (secondary N) is 1. The van der Waals surface area contributed by atoms with E-state index in [9.17, 15) is 0 Å². The van der Waals surface area contributed by atoms with E-state index in [1.165, 1.54) is 16.7 Å². The minimum Gasteiger partial charge on any atom is -0.490 e. The first-order chi connectivity index (χ1) is 15.2. The predicted molar refractivity (Wildman–Crippen MR) is 124 cm³/mol. The Morgan fingerprint density at radius 1 is 0.903 bits per heavy atom. The highest BCUT2D eigenvalue weighted by Gasteiger charge is 2.35. The molecular formula is C27H30N2O2. The molecule has 3 aromatic carbocycles. The molecule has 1 N–H and O–H groups in total. The van der Waals surface area contributed by atoms with Crippen LogP contribution in [0, 0.1) is 0 Å². The van der Waals surface area contributed by atoms with E-state index in [0.29, 0.717) is 13.2 Å². The smallest absolute Gasteiger partial charge is 0.123 e. The van der Waals surface area contributed by atoms with Gasteiger partial charge in [-0.2, -0.15) is 0 Å². The second-order valence-electron chi connectivity index (χ2n) is 8.83. The molecule has 0 aliphatic carbocycles. The number of rotatable bonds is 5. The Morgan fingerprint density at radius 3 is 2.29 bits per heavy atom. The van der Waals surface area contributed by atoms with Crippen molar-refractivity contribution in [3.8, 4) is 11.5 Å². The molecule has 1 unspecified atom stereocenters. The van der Waals surface area contributed by atoms with Gasteiger partial charge >= 0.3 is 0 Å². The first kappa shape index (κ1) is 20.1. The largest absolute Gasteiger partial charge is 0.490 e. The second-order valence-corrected chi connectivity index (χ2v) is 8.83. The summed E-state index contributed by atoms with van der Waals surface area (Å²) in [6, 6.07) is 28.2. The number of piperazine rings is 1. The Bertz CT molecular complexity index is 969. The minimum atomic E-state index is -0.0595. The highest BCUT2D eigenvalue weighted by Crippen LogP contribution is 2.34. The number of hydrogen-bond donors (Lipinski definition) is 1. The van der Waals surface area contributed by atoms with E-state index in [1.54, 1.807) is 0 Å². The van der Waals surface area contributed by atoms with Crippen LogP contribution in [-0.4, -0.2) is 43.3 Å². The lowest BCUT2D eigenvalue weighted by Gasteiger charge is -2.45. The molecule has 160 valence electrons. The maximum atomic E-state index is 5.96. The molecule has 0 saturated carbocycles. The van der Waals surface area contributed by atoms with Crippen LogP contribution in [0.4, 0.5) is 0 Å².